The van der Waals surface area contributed by atoms with E-state index in [1.807, 2.05) is 39.0 Å². The summed E-state index contributed by atoms with van der Waals surface area (Å²) in [7, 11) is 0. The Bertz CT molecular complexity index is 1010. The van der Waals surface area contributed by atoms with Crippen LogP contribution in [0.1, 0.15) is 47.2 Å². The van der Waals surface area contributed by atoms with Crippen LogP contribution in [0.5, 0.6) is 0 Å². The molecule has 1 heterocycles. The van der Waals surface area contributed by atoms with Gasteiger partial charge in [0.15, 0.2) is 0 Å². The summed E-state index contributed by atoms with van der Waals surface area (Å²) in [5.41, 5.74) is 2.82. The van der Waals surface area contributed by atoms with Gasteiger partial charge in [-0.3, -0.25) is 5.32 Å². The van der Waals surface area contributed by atoms with E-state index in [1.165, 1.54) is 12.1 Å². The van der Waals surface area contributed by atoms with Gasteiger partial charge in [-0.1, -0.05) is 26.8 Å². The molecular formula is C23H27FN2O2. The van der Waals surface area contributed by atoms with E-state index in [4.69, 9.17) is 4.74 Å². The number of carbonyl (C=O) groups is 1. The van der Waals surface area contributed by atoms with Crippen LogP contribution in [-0.4, -0.2) is 16.3 Å². The van der Waals surface area contributed by atoms with E-state index in [2.05, 4.69) is 36.7 Å². The summed E-state index contributed by atoms with van der Waals surface area (Å²) in [6, 6.07) is 14.2. The van der Waals surface area contributed by atoms with Crippen molar-refractivity contribution in [3.63, 3.8) is 0 Å². The van der Waals surface area contributed by atoms with Crippen molar-refractivity contribution in [1.29, 1.82) is 0 Å². The second-order valence-corrected chi connectivity index (χ2v) is 8.96. The first kappa shape index (κ1) is 19.9. The molecule has 0 aliphatic rings. The molecule has 0 unspecified atom stereocenters. The molecule has 0 aliphatic carbocycles. The Morgan fingerprint density at radius 2 is 1.64 bits per heavy atom. The first-order valence-electron chi connectivity index (χ1n) is 9.36. The molecule has 0 spiro atoms. The van der Waals surface area contributed by atoms with E-state index in [-0.39, 0.29) is 11.2 Å². The maximum atomic E-state index is 13.4. The molecule has 1 N–H and O–H groups in total. The Hall–Kier alpha value is -2.82. The summed E-state index contributed by atoms with van der Waals surface area (Å²) >= 11 is 0. The van der Waals surface area contributed by atoms with Crippen molar-refractivity contribution < 1.29 is 13.9 Å². The van der Waals surface area contributed by atoms with Crippen molar-refractivity contribution in [3.05, 3.63) is 60.0 Å². The van der Waals surface area contributed by atoms with E-state index in [9.17, 15) is 9.18 Å². The molecular weight excluding hydrogens is 355 g/mol. The molecule has 3 rings (SSSR count). The number of nitrogens with zero attached hydrogens (tertiary/aromatic N) is 1. The van der Waals surface area contributed by atoms with Crippen LogP contribution in [0.15, 0.2) is 48.5 Å². The molecule has 0 aliphatic heterocycles. The number of hydrogen-bond acceptors (Lipinski definition) is 2. The van der Waals surface area contributed by atoms with Crippen LogP contribution in [0.2, 0.25) is 0 Å². The first-order valence-corrected chi connectivity index (χ1v) is 9.36. The van der Waals surface area contributed by atoms with Crippen molar-refractivity contribution >= 4 is 22.7 Å². The van der Waals surface area contributed by atoms with Crippen LogP contribution in [-0.2, 0) is 10.2 Å². The van der Waals surface area contributed by atoms with E-state index >= 15 is 0 Å². The largest absolute Gasteiger partial charge is 0.444 e. The predicted octanol–water partition coefficient (Wildman–Crippen LogP) is 6.41. The molecule has 0 saturated heterocycles. The van der Waals surface area contributed by atoms with Crippen LogP contribution in [0.3, 0.4) is 0 Å². The van der Waals surface area contributed by atoms with Gasteiger partial charge in [0.1, 0.15) is 11.4 Å². The highest BCUT2D eigenvalue weighted by Gasteiger charge is 2.24. The van der Waals surface area contributed by atoms with Gasteiger partial charge in [0.05, 0.1) is 11.2 Å². The third kappa shape index (κ3) is 4.19. The van der Waals surface area contributed by atoms with Gasteiger partial charge in [-0.05, 0) is 63.2 Å². The zero-order chi connectivity index (χ0) is 20.7. The summed E-state index contributed by atoms with van der Waals surface area (Å²) < 4.78 is 20.9. The third-order valence-corrected chi connectivity index (χ3v) is 4.33. The predicted molar refractivity (Wildman–Crippen MR) is 112 cm³/mol. The molecule has 0 atom stereocenters. The Morgan fingerprint density at radius 1 is 1.00 bits per heavy atom. The molecule has 0 bridgehead atoms. The number of anilines is 1. The number of rotatable bonds is 2. The van der Waals surface area contributed by atoms with Crippen LogP contribution in [0.4, 0.5) is 14.9 Å². The maximum absolute atomic E-state index is 13.4. The zero-order valence-electron chi connectivity index (χ0n) is 17.3. The fraction of sp³-hybridized carbons (Fsp3) is 0.348. The Labute approximate surface area is 165 Å². The lowest BCUT2D eigenvalue weighted by molar-refractivity contribution is 0.0636. The van der Waals surface area contributed by atoms with Gasteiger partial charge in [-0.25, -0.2) is 9.18 Å². The average molecular weight is 382 g/mol. The SMILES string of the molecule is CC(C)(C)OC(=O)Nc1cccc2c1cc(C(C)(C)C)n2-c1ccc(F)cc1. The molecule has 2 aromatic carbocycles. The molecule has 5 heteroatoms. The number of amides is 1. The monoisotopic (exact) mass is 382 g/mol. The van der Waals surface area contributed by atoms with Crippen molar-refractivity contribution in [2.75, 3.05) is 5.32 Å². The van der Waals surface area contributed by atoms with Crippen LogP contribution in [0.25, 0.3) is 16.6 Å². The van der Waals surface area contributed by atoms with E-state index in [1.54, 1.807) is 12.1 Å². The number of ether oxygens (including phenoxy) is 1. The number of fused-ring (bicyclic) bond motifs is 1. The smallest absolute Gasteiger partial charge is 0.412 e. The fourth-order valence-corrected chi connectivity index (χ4v) is 3.17. The highest BCUT2D eigenvalue weighted by atomic mass is 19.1. The number of aromatic nitrogens is 1. The normalized spacial score (nSPS) is 12.2. The van der Waals surface area contributed by atoms with Gasteiger partial charge in [0.2, 0.25) is 0 Å². The highest BCUT2D eigenvalue weighted by molar-refractivity contribution is 6.00. The minimum atomic E-state index is -0.575. The van der Waals surface area contributed by atoms with E-state index in [0.717, 1.165) is 22.3 Å². The molecule has 4 nitrogen and oxygen atoms in total. The van der Waals surface area contributed by atoms with E-state index in [0.29, 0.717) is 5.69 Å². The van der Waals surface area contributed by atoms with Gasteiger partial charge in [-0.15, -0.1) is 0 Å². The van der Waals surface area contributed by atoms with Crippen LogP contribution < -0.4 is 5.32 Å². The van der Waals surface area contributed by atoms with Crippen molar-refractivity contribution in [2.45, 2.75) is 52.6 Å². The van der Waals surface area contributed by atoms with Gasteiger partial charge in [0, 0.05) is 22.2 Å². The lowest BCUT2D eigenvalue weighted by atomic mass is 9.92. The van der Waals surface area contributed by atoms with Crippen molar-refractivity contribution in [2.24, 2.45) is 0 Å². The third-order valence-electron chi connectivity index (χ3n) is 4.33. The molecule has 3 aromatic rings. The molecule has 0 saturated carbocycles. The number of hydrogen-bond donors (Lipinski definition) is 1. The number of benzene rings is 2. The fourth-order valence-electron chi connectivity index (χ4n) is 3.17. The quantitative estimate of drug-likeness (QED) is 0.556. The second-order valence-electron chi connectivity index (χ2n) is 8.96. The standard InChI is InChI=1S/C23H27FN2O2/c1-22(2,3)20-14-17-18(25-21(27)28-23(4,5)6)8-7-9-19(17)26(20)16-12-10-15(24)11-13-16/h7-14H,1-6H3,(H,25,27). The summed E-state index contributed by atoms with van der Waals surface area (Å²) in [5, 5.41) is 3.76. The van der Waals surface area contributed by atoms with Crippen molar-refractivity contribution in [1.82, 2.24) is 4.57 Å². The molecule has 1 amide bonds. The van der Waals surface area contributed by atoms with Gasteiger partial charge in [0.25, 0.3) is 0 Å². The molecule has 0 radical (unpaired) electrons. The molecule has 28 heavy (non-hydrogen) atoms. The molecule has 0 fully saturated rings. The van der Waals surface area contributed by atoms with Gasteiger partial charge >= 0.3 is 6.09 Å². The van der Waals surface area contributed by atoms with Gasteiger partial charge in [-0.2, -0.15) is 0 Å². The Kier molecular flexibility index (Phi) is 4.96. The minimum Gasteiger partial charge on any atom is -0.444 e. The van der Waals surface area contributed by atoms with Crippen molar-refractivity contribution in [3.8, 4) is 5.69 Å². The van der Waals surface area contributed by atoms with E-state index < -0.39 is 11.7 Å². The minimum absolute atomic E-state index is 0.156. The number of nitrogens with one attached hydrogen (secondary N) is 1. The highest BCUT2D eigenvalue weighted by Crippen LogP contribution is 2.35. The summed E-state index contributed by atoms with van der Waals surface area (Å²) in [5.74, 6) is -0.273. The van der Waals surface area contributed by atoms with Crippen LogP contribution >= 0.6 is 0 Å². The maximum Gasteiger partial charge on any atom is 0.412 e. The average Bonchev–Trinajstić information content (AvgIpc) is 2.95. The second kappa shape index (κ2) is 6.97. The molecule has 148 valence electrons. The first-order chi connectivity index (χ1) is 13.0. The lowest BCUT2D eigenvalue weighted by Crippen LogP contribution is -2.27. The Balaban J connectivity index is 2.15. The number of carbonyl (C=O) groups excluding carboxylic acids is 1. The van der Waals surface area contributed by atoms with Gasteiger partial charge < -0.3 is 9.30 Å². The summed E-state index contributed by atoms with van der Waals surface area (Å²) in [6.07, 6.45) is -0.494. The van der Waals surface area contributed by atoms with Crippen LogP contribution in [0, 0.1) is 5.82 Å². The summed E-state index contributed by atoms with van der Waals surface area (Å²) in [6.45, 7) is 11.9. The zero-order valence-corrected chi connectivity index (χ0v) is 17.3. The lowest BCUT2D eigenvalue weighted by Gasteiger charge is -2.22. The number of halogens is 1. The molecule has 1 aromatic heterocycles. The topological polar surface area (TPSA) is 43.3 Å². The Morgan fingerprint density at radius 3 is 2.21 bits per heavy atom. The summed E-state index contributed by atoms with van der Waals surface area (Å²) in [4.78, 5) is 12.3.